The van der Waals surface area contributed by atoms with Crippen LogP contribution < -0.4 is 10.6 Å². The Morgan fingerprint density at radius 1 is 1.19 bits per heavy atom. The van der Waals surface area contributed by atoms with Gasteiger partial charge in [0.25, 0.3) is 11.8 Å². The highest BCUT2D eigenvalue weighted by Gasteiger charge is 2.28. The highest BCUT2D eigenvalue weighted by molar-refractivity contribution is 6.06. The van der Waals surface area contributed by atoms with Crippen LogP contribution in [0.3, 0.4) is 0 Å². The van der Waals surface area contributed by atoms with Gasteiger partial charge in [0.1, 0.15) is 17.1 Å². The van der Waals surface area contributed by atoms with Crippen molar-refractivity contribution < 1.29 is 18.8 Å². The molecule has 0 aliphatic carbocycles. The SMILES string of the molecule is CCC(NC(=O)c1cc(C(=O)Nc2c(C)noc2C)n2c1COCC2)c1ccccc1. The molecule has 8 nitrogen and oxygen atoms in total. The zero-order chi connectivity index (χ0) is 22.0. The molecule has 162 valence electrons. The first-order chi connectivity index (χ1) is 15.0. The number of anilines is 1. The summed E-state index contributed by atoms with van der Waals surface area (Å²) < 4.78 is 12.6. The number of fused-ring (bicyclic) bond motifs is 1. The van der Waals surface area contributed by atoms with Crippen LogP contribution in [0.25, 0.3) is 0 Å². The zero-order valence-electron chi connectivity index (χ0n) is 17.9. The Labute approximate surface area is 180 Å². The van der Waals surface area contributed by atoms with E-state index in [9.17, 15) is 9.59 Å². The highest BCUT2D eigenvalue weighted by atomic mass is 16.5. The van der Waals surface area contributed by atoms with Gasteiger partial charge >= 0.3 is 0 Å². The van der Waals surface area contributed by atoms with Gasteiger partial charge in [-0.2, -0.15) is 0 Å². The number of aryl methyl sites for hydroxylation is 2. The molecule has 1 aliphatic rings. The minimum absolute atomic E-state index is 0.117. The van der Waals surface area contributed by atoms with Crippen molar-refractivity contribution in [3.05, 3.63) is 70.4 Å². The number of benzene rings is 1. The number of hydrogen-bond donors (Lipinski definition) is 2. The fourth-order valence-electron chi connectivity index (χ4n) is 3.89. The summed E-state index contributed by atoms with van der Waals surface area (Å²) in [7, 11) is 0. The molecule has 8 heteroatoms. The number of aromatic nitrogens is 2. The Hall–Kier alpha value is -3.39. The lowest BCUT2D eigenvalue weighted by Crippen LogP contribution is -2.29. The van der Waals surface area contributed by atoms with E-state index in [4.69, 9.17) is 9.26 Å². The van der Waals surface area contributed by atoms with Gasteiger partial charge in [0.15, 0.2) is 5.76 Å². The Morgan fingerprint density at radius 2 is 1.97 bits per heavy atom. The van der Waals surface area contributed by atoms with E-state index in [0.717, 1.165) is 12.0 Å². The second-order valence-corrected chi connectivity index (χ2v) is 7.59. The zero-order valence-corrected chi connectivity index (χ0v) is 17.9. The van der Waals surface area contributed by atoms with E-state index < -0.39 is 0 Å². The molecule has 0 bridgehead atoms. The van der Waals surface area contributed by atoms with Crippen molar-refractivity contribution in [3.8, 4) is 0 Å². The van der Waals surface area contributed by atoms with Crippen LogP contribution in [-0.2, 0) is 17.9 Å². The highest BCUT2D eigenvalue weighted by Crippen LogP contribution is 2.25. The van der Waals surface area contributed by atoms with Gasteiger partial charge in [-0.3, -0.25) is 9.59 Å². The maximum absolute atomic E-state index is 13.2. The van der Waals surface area contributed by atoms with Crippen LogP contribution in [0.1, 0.15) is 62.9 Å². The van der Waals surface area contributed by atoms with Gasteiger partial charge < -0.3 is 24.5 Å². The van der Waals surface area contributed by atoms with Crippen LogP contribution in [0.15, 0.2) is 40.9 Å². The van der Waals surface area contributed by atoms with E-state index in [1.54, 1.807) is 19.9 Å². The van der Waals surface area contributed by atoms with Gasteiger partial charge in [-0.1, -0.05) is 42.4 Å². The molecular weight excluding hydrogens is 396 g/mol. The average Bonchev–Trinajstić information content (AvgIpc) is 3.33. The topological polar surface area (TPSA) is 98.4 Å². The predicted molar refractivity (Wildman–Crippen MR) is 115 cm³/mol. The number of nitrogens with one attached hydrogen (secondary N) is 2. The third kappa shape index (κ3) is 4.11. The molecule has 2 aromatic heterocycles. The minimum atomic E-state index is -0.313. The molecule has 0 saturated heterocycles. The number of carbonyl (C=O) groups is 2. The van der Waals surface area contributed by atoms with Crippen LogP contribution in [0.5, 0.6) is 0 Å². The molecule has 3 aromatic rings. The number of nitrogens with zero attached hydrogens (tertiary/aromatic N) is 2. The van der Waals surface area contributed by atoms with E-state index >= 15 is 0 Å². The van der Waals surface area contributed by atoms with Gasteiger partial charge in [0.2, 0.25) is 0 Å². The van der Waals surface area contributed by atoms with Crippen LogP contribution in [0, 0.1) is 13.8 Å². The largest absolute Gasteiger partial charge is 0.373 e. The Bertz CT molecular complexity index is 1080. The molecule has 0 spiro atoms. The lowest BCUT2D eigenvalue weighted by Gasteiger charge is -2.20. The summed E-state index contributed by atoms with van der Waals surface area (Å²) >= 11 is 0. The number of amides is 2. The Kier molecular flexibility index (Phi) is 5.90. The summed E-state index contributed by atoms with van der Waals surface area (Å²) in [5, 5.41) is 9.84. The summed E-state index contributed by atoms with van der Waals surface area (Å²) in [6.07, 6.45) is 0.752. The third-order valence-electron chi connectivity index (χ3n) is 5.57. The van der Waals surface area contributed by atoms with Crippen molar-refractivity contribution in [1.29, 1.82) is 0 Å². The van der Waals surface area contributed by atoms with E-state index in [0.29, 0.717) is 47.2 Å². The first-order valence-corrected chi connectivity index (χ1v) is 10.4. The smallest absolute Gasteiger partial charge is 0.272 e. The summed E-state index contributed by atoms with van der Waals surface area (Å²) in [4.78, 5) is 26.2. The lowest BCUT2D eigenvalue weighted by atomic mass is 10.0. The molecule has 1 aliphatic heterocycles. The lowest BCUT2D eigenvalue weighted by molar-refractivity contribution is 0.0787. The fourth-order valence-corrected chi connectivity index (χ4v) is 3.89. The van der Waals surface area contributed by atoms with Gasteiger partial charge in [-0.15, -0.1) is 0 Å². The number of rotatable bonds is 6. The van der Waals surface area contributed by atoms with E-state index in [-0.39, 0.29) is 24.5 Å². The summed E-state index contributed by atoms with van der Waals surface area (Å²) in [6, 6.07) is 11.4. The molecular formula is C23H26N4O4. The van der Waals surface area contributed by atoms with E-state index in [2.05, 4.69) is 15.8 Å². The van der Waals surface area contributed by atoms with E-state index in [1.165, 1.54) is 0 Å². The second-order valence-electron chi connectivity index (χ2n) is 7.59. The molecule has 4 rings (SSSR count). The van der Waals surface area contributed by atoms with Crippen molar-refractivity contribution in [1.82, 2.24) is 15.0 Å². The number of ether oxygens (including phenoxy) is 1. The van der Waals surface area contributed by atoms with Gasteiger partial charge in [0.05, 0.1) is 30.5 Å². The van der Waals surface area contributed by atoms with Crippen molar-refractivity contribution in [2.75, 3.05) is 11.9 Å². The molecule has 1 atom stereocenters. The van der Waals surface area contributed by atoms with Crippen LogP contribution in [0.4, 0.5) is 5.69 Å². The standard InChI is InChI=1S/C23H26N4O4/c1-4-18(16-8-6-5-7-9-16)24-22(28)17-12-19(27-10-11-30-13-20(17)27)23(29)25-21-14(2)26-31-15(21)3/h5-9,12,18H,4,10-11,13H2,1-3H3,(H,24,28)(H,25,29). The van der Waals surface area contributed by atoms with E-state index in [1.807, 2.05) is 41.8 Å². The van der Waals surface area contributed by atoms with Crippen molar-refractivity contribution in [2.45, 2.75) is 46.4 Å². The molecule has 0 saturated carbocycles. The Balaban J connectivity index is 1.62. The summed E-state index contributed by atoms with van der Waals surface area (Å²) in [5.41, 5.74) is 3.77. The molecule has 1 aromatic carbocycles. The second kappa shape index (κ2) is 8.77. The first-order valence-electron chi connectivity index (χ1n) is 10.4. The number of carbonyl (C=O) groups excluding carboxylic acids is 2. The quantitative estimate of drug-likeness (QED) is 0.630. The predicted octanol–water partition coefficient (Wildman–Crippen LogP) is 3.76. The summed E-state index contributed by atoms with van der Waals surface area (Å²) in [6.45, 7) is 6.80. The first kappa shape index (κ1) is 20.9. The van der Waals surface area contributed by atoms with Crippen molar-refractivity contribution in [2.24, 2.45) is 0 Å². The van der Waals surface area contributed by atoms with Crippen LogP contribution in [0.2, 0.25) is 0 Å². The van der Waals surface area contributed by atoms with Gasteiger partial charge in [0, 0.05) is 6.54 Å². The third-order valence-corrected chi connectivity index (χ3v) is 5.57. The molecule has 31 heavy (non-hydrogen) atoms. The molecule has 3 heterocycles. The number of hydrogen-bond acceptors (Lipinski definition) is 5. The molecule has 0 fully saturated rings. The molecule has 1 unspecified atom stereocenters. The van der Waals surface area contributed by atoms with Crippen molar-refractivity contribution >= 4 is 17.5 Å². The molecule has 2 amide bonds. The summed E-state index contributed by atoms with van der Waals surface area (Å²) in [5.74, 6) is -0.000680. The maximum atomic E-state index is 13.2. The fraction of sp³-hybridized carbons (Fsp3) is 0.348. The minimum Gasteiger partial charge on any atom is -0.373 e. The van der Waals surface area contributed by atoms with Crippen LogP contribution in [-0.4, -0.2) is 28.1 Å². The Morgan fingerprint density at radius 3 is 2.65 bits per heavy atom. The molecule has 2 N–H and O–H groups in total. The van der Waals surface area contributed by atoms with Gasteiger partial charge in [-0.25, -0.2) is 0 Å². The average molecular weight is 422 g/mol. The van der Waals surface area contributed by atoms with Crippen LogP contribution >= 0.6 is 0 Å². The van der Waals surface area contributed by atoms with Crippen molar-refractivity contribution in [3.63, 3.8) is 0 Å². The maximum Gasteiger partial charge on any atom is 0.272 e. The normalized spacial score (nSPS) is 14.0. The monoisotopic (exact) mass is 422 g/mol. The molecule has 0 radical (unpaired) electrons. The van der Waals surface area contributed by atoms with Gasteiger partial charge in [-0.05, 0) is 31.9 Å².